The van der Waals surface area contributed by atoms with Crippen LogP contribution in [0.3, 0.4) is 0 Å². The van der Waals surface area contributed by atoms with Gasteiger partial charge in [-0.25, -0.2) is 0 Å². The number of para-hydroxylation sites is 1. The van der Waals surface area contributed by atoms with Crippen LogP contribution in [0.4, 0.5) is 0 Å². The van der Waals surface area contributed by atoms with Crippen molar-refractivity contribution in [1.82, 2.24) is 25.8 Å². The molecule has 5 rings (SSSR count). The number of hydrogen-bond acceptors (Lipinski definition) is 7. The second kappa shape index (κ2) is 15.9. The van der Waals surface area contributed by atoms with E-state index in [-0.39, 0.29) is 25.0 Å². The third-order valence-corrected chi connectivity index (χ3v) is 8.61. The highest BCUT2D eigenvalue weighted by atomic mass is 16.4. The number of carbonyl (C=O) groups is 5. The minimum atomic E-state index is -1.24. The Hall–Kier alpha value is -5.69. The number of hydrogen-bond donors (Lipinski definition) is 7. The van der Waals surface area contributed by atoms with Gasteiger partial charge in [0.05, 0.1) is 6.04 Å². The zero-order valence-electron chi connectivity index (χ0n) is 26.8. The number of carbonyl (C=O) groups excluding carboxylic acids is 4. The van der Waals surface area contributed by atoms with Crippen LogP contribution in [-0.2, 0) is 43.2 Å². The van der Waals surface area contributed by atoms with E-state index < -0.39 is 60.3 Å². The van der Waals surface area contributed by atoms with Crippen LogP contribution in [0.1, 0.15) is 29.5 Å². The number of nitrogens with zero attached hydrogens (tertiary/aromatic N) is 1. The highest BCUT2D eigenvalue weighted by Crippen LogP contribution is 2.22. The molecule has 49 heavy (non-hydrogen) atoms. The number of amides is 4. The quantitative estimate of drug-likeness (QED) is 0.104. The summed E-state index contributed by atoms with van der Waals surface area (Å²) in [5.41, 5.74) is 9.37. The van der Waals surface area contributed by atoms with Crippen LogP contribution in [0.5, 0.6) is 5.75 Å². The number of phenols is 1. The topological polar surface area (TPSA) is 207 Å². The molecule has 0 unspecified atom stereocenters. The molecule has 13 nitrogen and oxygen atoms in total. The standard InChI is InChI=1S/C36H40N6O7/c37-27(17-23-12-14-25(43)15-13-23)36(49)42-16-6-11-31(42)35(48)41-30(19-24-20-38-28-10-5-4-9-26(24)28)34(47)40-29(33(46)39-21-32(44)45)18-22-7-2-1-3-8-22/h1-5,7-10,12-15,20,27,29-31,38,43H,6,11,16-19,21,37H2,(H,39,46)(H,40,47)(H,41,48)(H,44,45)/t27-,29-,30-,31-/m0/s1. The lowest BCUT2D eigenvalue weighted by molar-refractivity contribution is -0.140. The van der Waals surface area contributed by atoms with Crippen molar-refractivity contribution in [3.05, 3.63) is 102 Å². The number of rotatable bonds is 14. The summed E-state index contributed by atoms with van der Waals surface area (Å²) >= 11 is 0. The number of benzene rings is 3. The molecule has 4 aromatic rings. The lowest BCUT2D eigenvalue weighted by atomic mass is 10.0. The van der Waals surface area contributed by atoms with Gasteiger partial charge in [-0.1, -0.05) is 60.7 Å². The number of aromatic nitrogens is 1. The summed E-state index contributed by atoms with van der Waals surface area (Å²) in [6, 6.07) is 18.8. The molecule has 3 aromatic carbocycles. The fourth-order valence-corrected chi connectivity index (χ4v) is 6.10. The lowest BCUT2D eigenvalue weighted by Crippen LogP contribution is -2.58. The van der Waals surface area contributed by atoms with Gasteiger partial charge >= 0.3 is 5.97 Å². The molecular formula is C36H40N6O7. The fraction of sp³-hybridized carbons (Fsp3) is 0.306. The molecule has 4 amide bonds. The molecule has 1 saturated heterocycles. The number of aliphatic carboxylic acids is 1. The van der Waals surface area contributed by atoms with Crippen molar-refractivity contribution >= 4 is 40.5 Å². The Kier molecular flexibility index (Phi) is 11.3. The molecule has 1 fully saturated rings. The molecule has 0 bridgehead atoms. The molecule has 1 aromatic heterocycles. The van der Waals surface area contributed by atoms with Gasteiger partial charge in [0, 0.05) is 36.5 Å². The third-order valence-electron chi connectivity index (χ3n) is 8.61. The van der Waals surface area contributed by atoms with Gasteiger partial charge in [0.15, 0.2) is 0 Å². The number of H-pyrrole nitrogens is 1. The van der Waals surface area contributed by atoms with E-state index in [0.29, 0.717) is 19.4 Å². The molecule has 13 heteroatoms. The Morgan fingerprint density at radius 1 is 0.837 bits per heavy atom. The van der Waals surface area contributed by atoms with Gasteiger partial charge in [0.2, 0.25) is 23.6 Å². The van der Waals surface area contributed by atoms with Gasteiger partial charge in [0.25, 0.3) is 0 Å². The molecule has 4 atom stereocenters. The predicted octanol–water partition coefficient (Wildman–Crippen LogP) is 1.39. The van der Waals surface area contributed by atoms with Crippen molar-refractivity contribution < 1.29 is 34.2 Å². The van der Waals surface area contributed by atoms with E-state index in [9.17, 15) is 29.1 Å². The van der Waals surface area contributed by atoms with Crippen molar-refractivity contribution in [2.75, 3.05) is 13.1 Å². The highest BCUT2D eigenvalue weighted by molar-refractivity contribution is 5.96. The molecule has 2 heterocycles. The Morgan fingerprint density at radius 2 is 1.51 bits per heavy atom. The number of carboxylic acids is 1. The maximum Gasteiger partial charge on any atom is 0.322 e. The molecule has 0 saturated carbocycles. The number of nitrogens with two attached hydrogens (primary N) is 1. The largest absolute Gasteiger partial charge is 0.508 e. The Labute approximate surface area is 282 Å². The summed E-state index contributed by atoms with van der Waals surface area (Å²) in [5.74, 6) is -3.41. The number of aromatic hydroxyl groups is 1. The number of aromatic amines is 1. The third kappa shape index (κ3) is 9.02. The van der Waals surface area contributed by atoms with E-state index in [0.717, 1.165) is 27.6 Å². The average Bonchev–Trinajstić information content (AvgIpc) is 3.75. The van der Waals surface area contributed by atoms with Gasteiger partial charge in [-0.05, 0) is 54.2 Å². The first-order valence-corrected chi connectivity index (χ1v) is 16.1. The smallest absolute Gasteiger partial charge is 0.322 e. The van der Waals surface area contributed by atoms with Crippen molar-refractivity contribution in [3.63, 3.8) is 0 Å². The molecule has 0 radical (unpaired) electrons. The predicted molar refractivity (Wildman–Crippen MR) is 181 cm³/mol. The molecule has 1 aliphatic rings. The van der Waals surface area contributed by atoms with Gasteiger partial charge < -0.3 is 41.8 Å². The van der Waals surface area contributed by atoms with Gasteiger partial charge in [-0.2, -0.15) is 0 Å². The second-order valence-corrected chi connectivity index (χ2v) is 12.2. The van der Waals surface area contributed by atoms with E-state index in [1.54, 1.807) is 42.6 Å². The summed E-state index contributed by atoms with van der Waals surface area (Å²) < 4.78 is 0. The SMILES string of the molecule is N[C@@H](Cc1ccc(O)cc1)C(=O)N1CCC[C@H]1C(=O)N[C@@H](Cc1c[nH]c2ccccc12)C(=O)N[C@@H](Cc1ccccc1)C(=O)NCC(=O)O. The summed E-state index contributed by atoms with van der Waals surface area (Å²) in [5, 5.41) is 27.5. The van der Waals surface area contributed by atoms with Crippen LogP contribution in [0.15, 0.2) is 85.1 Å². The molecule has 0 spiro atoms. The van der Waals surface area contributed by atoms with Gasteiger partial charge in [0.1, 0.15) is 30.4 Å². The molecule has 0 aliphatic carbocycles. The first-order chi connectivity index (χ1) is 23.6. The van der Waals surface area contributed by atoms with E-state index in [2.05, 4.69) is 20.9 Å². The molecule has 256 valence electrons. The van der Waals surface area contributed by atoms with Gasteiger partial charge in [-0.15, -0.1) is 0 Å². The summed E-state index contributed by atoms with van der Waals surface area (Å²) in [6.45, 7) is -0.307. The number of carboxylic acid groups (broad SMARTS) is 1. The van der Waals surface area contributed by atoms with Crippen molar-refractivity contribution in [2.24, 2.45) is 5.73 Å². The molecular weight excluding hydrogens is 628 g/mol. The van der Waals surface area contributed by atoms with E-state index in [4.69, 9.17) is 10.8 Å². The number of nitrogens with one attached hydrogen (secondary N) is 4. The van der Waals surface area contributed by atoms with E-state index in [1.165, 1.54) is 17.0 Å². The van der Waals surface area contributed by atoms with Crippen LogP contribution in [0.2, 0.25) is 0 Å². The average molecular weight is 669 g/mol. The van der Waals surface area contributed by atoms with Crippen molar-refractivity contribution in [1.29, 1.82) is 0 Å². The minimum absolute atomic E-state index is 0.0669. The van der Waals surface area contributed by atoms with Gasteiger partial charge in [-0.3, -0.25) is 24.0 Å². The van der Waals surface area contributed by atoms with E-state index >= 15 is 0 Å². The Morgan fingerprint density at radius 3 is 2.24 bits per heavy atom. The highest BCUT2D eigenvalue weighted by Gasteiger charge is 2.38. The summed E-state index contributed by atoms with van der Waals surface area (Å²) in [4.78, 5) is 70.2. The van der Waals surface area contributed by atoms with Crippen LogP contribution in [0.25, 0.3) is 10.9 Å². The number of likely N-dealkylation sites (tertiary alicyclic amines) is 1. The van der Waals surface area contributed by atoms with Crippen LogP contribution >= 0.6 is 0 Å². The zero-order valence-corrected chi connectivity index (χ0v) is 26.8. The van der Waals surface area contributed by atoms with Crippen LogP contribution in [-0.4, -0.2) is 87.0 Å². The van der Waals surface area contributed by atoms with E-state index in [1.807, 2.05) is 30.3 Å². The van der Waals surface area contributed by atoms with Crippen LogP contribution in [0, 0.1) is 0 Å². The van der Waals surface area contributed by atoms with Crippen LogP contribution < -0.4 is 21.7 Å². The first-order valence-electron chi connectivity index (χ1n) is 16.1. The maximum atomic E-state index is 14.0. The fourth-order valence-electron chi connectivity index (χ4n) is 6.10. The monoisotopic (exact) mass is 668 g/mol. The number of phenolic OH excluding ortho intramolecular Hbond substituents is 1. The second-order valence-electron chi connectivity index (χ2n) is 12.2. The van der Waals surface area contributed by atoms with Crippen molar-refractivity contribution in [2.45, 2.75) is 56.3 Å². The minimum Gasteiger partial charge on any atom is -0.508 e. The number of fused-ring (bicyclic) bond motifs is 1. The first kappa shape index (κ1) is 34.6. The molecule has 1 aliphatic heterocycles. The Bertz CT molecular complexity index is 1790. The summed E-state index contributed by atoms with van der Waals surface area (Å²) in [6.07, 6.45) is 3.05. The molecule has 8 N–H and O–H groups in total. The normalized spacial score (nSPS) is 16.0. The Balaban J connectivity index is 1.35. The lowest BCUT2D eigenvalue weighted by Gasteiger charge is -2.29. The summed E-state index contributed by atoms with van der Waals surface area (Å²) in [7, 11) is 0. The zero-order chi connectivity index (χ0) is 34.9. The van der Waals surface area contributed by atoms with Crippen molar-refractivity contribution in [3.8, 4) is 5.75 Å². The maximum absolute atomic E-state index is 14.0.